The van der Waals surface area contributed by atoms with Crippen molar-refractivity contribution in [1.29, 1.82) is 0 Å². The topological polar surface area (TPSA) is 84.1 Å². The fourth-order valence-electron chi connectivity index (χ4n) is 1.40. The second kappa shape index (κ2) is 5.30. The molecule has 1 heterocycles. The summed E-state index contributed by atoms with van der Waals surface area (Å²) in [7, 11) is 0.305. The van der Waals surface area contributed by atoms with Gasteiger partial charge in [-0.25, -0.2) is 4.68 Å². The highest BCUT2D eigenvalue weighted by Crippen LogP contribution is 2.18. The zero-order chi connectivity index (χ0) is 12.3. The third-order valence-corrected chi connectivity index (χ3v) is 3.33. The highest BCUT2D eigenvalue weighted by molar-refractivity contribution is 7.98. The predicted octanol–water partition coefficient (Wildman–Crippen LogP) is -0.818. The van der Waals surface area contributed by atoms with Crippen LogP contribution in [0.15, 0.2) is 29.4 Å². The lowest BCUT2D eigenvalue weighted by Gasteiger charge is -2.07. The summed E-state index contributed by atoms with van der Waals surface area (Å²) in [4.78, 5) is 0. The van der Waals surface area contributed by atoms with Gasteiger partial charge in [-0.05, 0) is 21.5 Å². The molecule has 0 amide bonds. The summed E-state index contributed by atoms with van der Waals surface area (Å²) in [5.74, 6) is 0.585. The number of nitrogens with zero attached hydrogens (tertiary/aromatic N) is 4. The molecular formula is C9H11BN4O2S. The minimum Gasteiger partial charge on any atom is -0.423 e. The molecule has 0 radical (unpaired) electrons. The third-order valence-electron chi connectivity index (χ3n) is 2.27. The van der Waals surface area contributed by atoms with Crippen LogP contribution < -0.4 is 5.46 Å². The molecule has 0 atom stereocenters. The molecule has 0 fully saturated rings. The smallest absolute Gasteiger partial charge is 0.423 e. The van der Waals surface area contributed by atoms with Crippen LogP contribution in [-0.2, 0) is 12.8 Å². The number of benzene rings is 1. The van der Waals surface area contributed by atoms with E-state index in [4.69, 9.17) is 0 Å². The largest absolute Gasteiger partial charge is 0.488 e. The second-order valence-electron chi connectivity index (χ2n) is 3.45. The molecule has 1 aromatic heterocycles. The average molecular weight is 250 g/mol. The molecule has 2 aromatic rings. The number of thioether (sulfide) groups is 1. The summed E-state index contributed by atoms with van der Waals surface area (Å²) in [6, 6.07) is 7.17. The van der Waals surface area contributed by atoms with Crippen LogP contribution in [-0.4, -0.2) is 37.4 Å². The molecule has 0 saturated carbocycles. The van der Waals surface area contributed by atoms with Gasteiger partial charge in [0.15, 0.2) is 0 Å². The van der Waals surface area contributed by atoms with Crippen molar-refractivity contribution in [3.63, 3.8) is 0 Å². The van der Waals surface area contributed by atoms with Gasteiger partial charge in [0.25, 0.3) is 0 Å². The van der Waals surface area contributed by atoms with E-state index in [-0.39, 0.29) is 0 Å². The SMILES string of the molecule is Cn1nnnc1SCc1ccccc1B(O)O. The first kappa shape index (κ1) is 12.1. The fraction of sp³-hybridized carbons (Fsp3) is 0.222. The molecule has 6 nitrogen and oxygen atoms in total. The van der Waals surface area contributed by atoms with Crippen LogP contribution in [0.25, 0.3) is 0 Å². The molecule has 0 saturated heterocycles. The molecule has 0 bridgehead atoms. The minimum absolute atomic E-state index is 0.509. The molecule has 0 aliphatic carbocycles. The highest BCUT2D eigenvalue weighted by atomic mass is 32.2. The number of tetrazole rings is 1. The predicted molar refractivity (Wildman–Crippen MR) is 64.6 cm³/mol. The van der Waals surface area contributed by atoms with Gasteiger partial charge in [0, 0.05) is 12.8 Å². The lowest BCUT2D eigenvalue weighted by atomic mass is 9.77. The average Bonchev–Trinajstić information content (AvgIpc) is 2.72. The van der Waals surface area contributed by atoms with Gasteiger partial charge in [-0.2, -0.15) is 0 Å². The zero-order valence-electron chi connectivity index (χ0n) is 9.19. The first-order valence-corrected chi connectivity index (χ1v) is 5.96. The van der Waals surface area contributed by atoms with Crippen molar-refractivity contribution in [2.24, 2.45) is 7.05 Å². The van der Waals surface area contributed by atoms with Gasteiger partial charge in [0.2, 0.25) is 5.16 Å². The lowest BCUT2D eigenvalue weighted by Crippen LogP contribution is -2.32. The molecule has 2 rings (SSSR count). The Bertz CT molecular complexity index is 505. The van der Waals surface area contributed by atoms with Gasteiger partial charge in [-0.15, -0.1) is 5.10 Å². The van der Waals surface area contributed by atoms with Crippen LogP contribution in [0.2, 0.25) is 0 Å². The van der Waals surface area contributed by atoms with Crippen LogP contribution in [0, 0.1) is 0 Å². The number of aromatic nitrogens is 4. The Morgan fingerprint density at radius 1 is 1.35 bits per heavy atom. The highest BCUT2D eigenvalue weighted by Gasteiger charge is 2.15. The Labute approximate surface area is 103 Å². The van der Waals surface area contributed by atoms with Gasteiger partial charge < -0.3 is 10.0 Å². The minimum atomic E-state index is -1.45. The number of rotatable bonds is 4. The van der Waals surface area contributed by atoms with Crippen LogP contribution in [0.3, 0.4) is 0 Å². The molecule has 0 aliphatic heterocycles. The molecule has 2 N–H and O–H groups in total. The Morgan fingerprint density at radius 2 is 2.12 bits per heavy atom. The fourth-order valence-corrected chi connectivity index (χ4v) is 2.27. The maximum absolute atomic E-state index is 9.22. The first-order chi connectivity index (χ1) is 8.18. The van der Waals surface area contributed by atoms with Crippen LogP contribution in [0.1, 0.15) is 5.56 Å². The summed E-state index contributed by atoms with van der Waals surface area (Å²) >= 11 is 1.44. The molecule has 17 heavy (non-hydrogen) atoms. The van der Waals surface area contributed by atoms with Crippen molar-refractivity contribution in [3.05, 3.63) is 29.8 Å². The normalized spacial score (nSPS) is 10.5. The van der Waals surface area contributed by atoms with Crippen LogP contribution >= 0.6 is 11.8 Å². The van der Waals surface area contributed by atoms with E-state index >= 15 is 0 Å². The number of aryl methyl sites for hydroxylation is 1. The maximum Gasteiger partial charge on any atom is 0.488 e. The summed E-state index contributed by atoms with van der Waals surface area (Å²) in [5.41, 5.74) is 1.37. The Balaban J connectivity index is 2.11. The first-order valence-electron chi connectivity index (χ1n) is 4.97. The number of hydrogen-bond donors (Lipinski definition) is 2. The molecule has 0 aliphatic rings. The van der Waals surface area contributed by atoms with Crippen molar-refractivity contribution in [3.8, 4) is 0 Å². The van der Waals surface area contributed by atoms with Gasteiger partial charge >= 0.3 is 7.12 Å². The third kappa shape index (κ3) is 2.84. The standard InChI is InChI=1S/C9H11BN4O2S/c1-14-9(11-12-13-14)17-6-7-4-2-3-5-8(7)10(15)16/h2-5,15-16H,6H2,1H3. The van der Waals surface area contributed by atoms with Gasteiger partial charge in [-0.1, -0.05) is 36.0 Å². The molecule has 0 unspecified atom stereocenters. The van der Waals surface area contributed by atoms with Crippen molar-refractivity contribution in [2.45, 2.75) is 10.9 Å². The molecule has 88 valence electrons. The molecule has 8 heteroatoms. The summed E-state index contributed by atoms with van der Waals surface area (Å²) in [6.07, 6.45) is 0. The second-order valence-corrected chi connectivity index (χ2v) is 4.39. The van der Waals surface area contributed by atoms with E-state index in [0.717, 1.165) is 5.56 Å². The van der Waals surface area contributed by atoms with E-state index in [0.29, 0.717) is 16.4 Å². The van der Waals surface area contributed by atoms with Crippen molar-refractivity contribution >= 4 is 24.3 Å². The van der Waals surface area contributed by atoms with E-state index in [9.17, 15) is 10.0 Å². The van der Waals surface area contributed by atoms with Crippen LogP contribution in [0.5, 0.6) is 0 Å². The molecule has 1 aromatic carbocycles. The maximum atomic E-state index is 9.22. The summed E-state index contributed by atoms with van der Waals surface area (Å²) in [5, 5.41) is 30.2. The lowest BCUT2D eigenvalue weighted by molar-refractivity contribution is 0.425. The van der Waals surface area contributed by atoms with Gasteiger partial charge in [-0.3, -0.25) is 0 Å². The van der Waals surface area contributed by atoms with Crippen molar-refractivity contribution in [1.82, 2.24) is 20.2 Å². The van der Waals surface area contributed by atoms with E-state index in [1.165, 1.54) is 11.8 Å². The Kier molecular flexibility index (Phi) is 3.77. The molecular weight excluding hydrogens is 239 g/mol. The molecule has 0 spiro atoms. The Morgan fingerprint density at radius 3 is 2.76 bits per heavy atom. The van der Waals surface area contributed by atoms with Crippen LogP contribution in [0.4, 0.5) is 0 Å². The monoisotopic (exact) mass is 250 g/mol. The summed E-state index contributed by atoms with van der Waals surface area (Å²) in [6.45, 7) is 0. The number of hydrogen-bond acceptors (Lipinski definition) is 6. The Hall–Kier alpha value is -1.38. The van der Waals surface area contributed by atoms with E-state index in [2.05, 4.69) is 15.5 Å². The quantitative estimate of drug-likeness (QED) is 0.545. The van der Waals surface area contributed by atoms with E-state index in [1.807, 2.05) is 12.1 Å². The van der Waals surface area contributed by atoms with Crippen molar-refractivity contribution in [2.75, 3.05) is 0 Å². The zero-order valence-corrected chi connectivity index (χ0v) is 10.0. The van der Waals surface area contributed by atoms with Crippen molar-refractivity contribution < 1.29 is 10.0 Å². The van der Waals surface area contributed by atoms with E-state index in [1.54, 1.807) is 23.9 Å². The van der Waals surface area contributed by atoms with Gasteiger partial charge in [0.1, 0.15) is 0 Å². The summed E-state index contributed by atoms with van der Waals surface area (Å²) < 4.78 is 1.57. The van der Waals surface area contributed by atoms with Gasteiger partial charge in [0.05, 0.1) is 0 Å². The van der Waals surface area contributed by atoms with E-state index < -0.39 is 7.12 Å².